The Kier molecular flexibility index (Phi) is 7.50. The van der Waals surface area contributed by atoms with E-state index in [-0.39, 0.29) is 6.10 Å². The van der Waals surface area contributed by atoms with Crippen LogP contribution in [0.2, 0.25) is 0 Å². The van der Waals surface area contributed by atoms with Gasteiger partial charge in [0, 0.05) is 18.9 Å². The second-order valence-corrected chi connectivity index (χ2v) is 6.78. The number of imidazole rings is 1. The first-order valence-corrected chi connectivity index (χ1v) is 9.60. The number of benzene rings is 2. The summed E-state index contributed by atoms with van der Waals surface area (Å²) in [5.41, 5.74) is 2.46. The normalized spacial score (nSPS) is 11.9. The van der Waals surface area contributed by atoms with Gasteiger partial charge in [0.2, 0.25) is 0 Å². The second-order valence-electron chi connectivity index (χ2n) is 6.78. The molecule has 2 aromatic carbocycles. The lowest BCUT2D eigenvalue weighted by atomic mass is 10.1. The Morgan fingerprint density at radius 2 is 1.54 bits per heavy atom. The van der Waals surface area contributed by atoms with E-state index in [2.05, 4.69) is 21.7 Å². The number of ether oxygens (including phenoxy) is 3. The van der Waals surface area contributed by atoms with Crippen LogP contribution in [-0.4, -0.2) is 29.9 Å². The van der Waals surface area contributed by atoms with Crippen molar-refractivity contribution in [3.63, 3.8) is 0 Å². The van der Waals surface area contributed by atoms with E-state index < -0.39 is 0 Å². The molecule has 1 heterocycles. The van der Waals surface area contributed by atoms with Crippen molar-refractivity contribution in [1.29, 1.82) is 0 Å². The molecule has 0 spiro atoms. The van der Waals surface area contributed by atoms with Gasteiger partial charge in [-0.15, -0.1) is 0 Å². The molecule has 0 saturated heterocycles. The Morgan fingerprint density at radius 1 is 0.893 bits per heavy atom. The molecule has 0 fully saturated rings. The fourth-order valence-corrected chi connectivity index (χ4v) is 3.12. The Hall–Kier alpha value is -2.79. The van der Waals surface area contributed by atoms with Crippen molar-refractivity contribution >= 4 is 0 Å². The standard InChI is InChI=1S/C23H28N2O3/c1-26-21-10-6-19(7-11-21)4-3-5-23(16-25-15-14-24-18-25)28-17-20-8-12-22(27-2)13-9-20/h6-15,18,23H,3-5,16-17H2,1-2H3. The molecular weight excluding hydrogens is 352 g/mol. The maximum atomic E-state index is 6.24. The Balaban J connectivity index is 1.53. The molecule has 0 saturated carbocycles. The van der Waals surface area contributed by atoms with Gasteiger partial charge in [0.15, 0.2) is 0 Å². The van der Waals surface area contributed by atoms with Crippen LogP contribution in [0.4, 0.5) is 0 Å². The summed E-state index contributed by atoms with van der Waals surface area (Å²) < 4.78 is 18.8. The minimum absolute atomic E-state index is 0.134. The summed E-state index contributed by atoms with van der Waals surface area (Å²) in [5, 5.41) is 0. The minimum Gasteiger partial charge on any atom is -0.497 e. The molecule has 1 unspecified atom stereocenters. The highest BCUT2D eigenvalue weighted by Crippen LogP contribution is 2.17. The van der Waals surface area contributed by atoms with Crippen LogP contribution in [0, 0.1) is 0 Å². The quantitative estimate of drug-likeness (QED) is 0.491. The van der Waals surface area contributed by atoms with Crippen LogP contribution in [0.5, 0.6) is 11.5 Å². The van der Waals surface area contributed by atoms with Crippen molar-refractivity contribution in [3.05, 3.63) is 78.4 Å². The zero-order chi connectivity index (χ0) is 19.6. The minimum atomic E-state index is 0.134. The van der Waals surface area contributed by atoms with Gasteiger partial charge in [0.1, 0.15) is 11.5 Å². The zero-order valence-corrected chi connectivity index (χ0v) is 16.6. The van der Waals surface area contributed by atoms with Gasteiger partial charge in [0.25, 0.3) is 0 Å². The summed E-state index contributed by atoms with van der Waals surface area (Å²) in [6.07, 6.45) is 8.83. The molecule has 0 aliphatic heterocycles. The summed E-state index contributed by atoms with van der Waals surface area (Å²) in [7, 11) is 3.37. The fraction of sp³-hybridized carbons (Fsp3) is 0.348. The third kappa shape index (κ3) is 6.13. The maximum Gasteiger partial charge on any atom is 0.118 e. The van der Waals surface area contributed by atoms with Gasteiger partial charge < -0.3 is 18.8 Å². The molecule has 0 bridgehead atoms. The first-order chi connectivity index (χ1) is 13.8. The van der Waals surface area contributed by atoms with Crippen molar-refractivity contribution in [2.75, 3.05) is 14.2 Å². The van der Waals surface area contributed by atoms with Gasteiger partial charge in [-0.3, -0.25) is 0 Å². The molecule has 3 aromatic rings. The predicted molar refractivity (Wildman–Crippen MR) is 110 cm³/mol. The van der Waals surface area contributed by atoms with Crippen LogP contribution < -0.4 is 9.47 Å². The van der Waals surface area contributed by atoms with Crippen molar-refractivity contribution in [2.45, 2.75) is 38.5 Å². The average Bonchev–Trinajstić information content (AvgIpc) is 3.26. The molecule has 148 valence electrons. The number of aryl methyl sites for hydroxylation is 1. The van der Waals surface area contributed by atoms with Crippen LogP contribution in [0.1, 0.15) is 24.0 Å². The molecule has 5 nitrogen and oxygen atoms in total. The van der Waals surface area contributed by atoms with E-state index in [4.69, 9.17) is 14.2 Å². The van der Waals surface area contributed by atoms with Crippen LogP contribution >= 0.6 is 0 Å². The van der Waals surface area contributed by atoms with E-state index in [0.717, 1.165) is 42.9 Å². The maximum absolute atomic E-state index is 6.24. The van der Waals surface area contributed by atoms with E-state index >= 15 is 0 Å². The van der Waals surface area contributed by atoms with Gasteiger partial charge in [-0.25, -0.2) is 4.98 Å². The summed E-state index contributed by atoms with van der Waals surface area (Å²) in [5.74, 6) is 1.75. The first-order valence-electron chi connectivity index (χ1n) is 9.60. The van der Waals surface area contributed by atoms with Crippen molar-refractivity contribution < 1.29 is 14.2 Å². The van der Waals surface area contributed by atoms with Gasteiger partial charge in [-0.2, -0.15) is 0 Å². The monoisotopic (exact) mass is 380 g/mol. The lowest BCUT2D eigenvalue weighted by Gasteiger charge is -2.19. The number of methoxy groups -OCH3 is 2. The lowest BCUT2D eigenvalue weighted by Crippen LogP contribution is -2.20. The summed E-state index contributed by atoms with van der Waals surface area (Å²) in [6.45, 7) is 1.39. The van der Waals surface area contributed by atoms with Crippen molar-refractivity contribution in [2.24, 2.45) is 0 Å². The third-order valence-corrected chi connectivity index (χ3v) is 4.77. The van der Waals surface area contributed by atoms with Crippen molar-refractivity contribution in [3.8, 4) is 11.5 Å². The summed E-state index contributed by atoms with van der Waals surface area (Å²) in [6, 6.07) is 16.3. The smallest absolute Gasteiger partial charge is 0.118 e. The SMILES string of the molecule is COc1ccc(CCCC(Cn2ccnc2)OCc2ccc(OC)cc2)cc1. The van der Waals surface area contributed by atoms with E-state index in [0.29, 0.717) is 6.61 Å². The van der Waals surface area contributed by atoms with Gasteiger partial charge >= 0.3 is 0 Å². The number of hydrogen-bond acceptors (Lipinski definition) is 4. The zero-order valence-electron chi connectivity index (χ0n) is 16.6. The third-order valence-electron chi connectivity index (χ3n) is 4.77. The average molecular weight is 380 g/mol. The van der Waals surface area contributed by atoms with Crippen LogP contribution in [-0.2, 0) is 24.3 Å². The van der Waals surface area contributed by atoms with E-state index in [9.17, 15) is 0 Å². The number of aromatic nitrogens is 2. The molecule has 1 aromatic heterocycles. The lowest BCUT2D eigenvalue weighted by molar-refractivity contribution is 0.0225. The molecule has 1 atom stereocenters. The molecule has 0 radical (unpaired) electrons. The Labute approximate surface area is 166 Å². The number of nitrogens with zero attached hydrogens (tertiary/aromatic N) is 2. The Morgan fingerprint density at radius 3 is 2.11 bits per heavy atom. The molecule has 0 aliphatic carbocycles. The van der Waals surface area contributed by atoms with Crippen LogP contribution in [0.3, 0.4) is 0 Å². The van der Waals surface area contributed by atoms with E-state index in [1.165, 1.54) is 5.56 Å². The second kappa shape index (κ2) is 10.5. The van der Waals surface area contributed by atoms with E-state index in [1.807, 2.05) is 48.9 Å². The highest BCUT2D eigenvalue weighted by molar-refractivity contribution is 5.27. The molecular formula is C23H28N2O3. The fourth-order valence-electron chi connectivity index (χ4n) is 3.12. The predicted octanol–water partition coefficient (Wildman–Crippen LogP) is 4.51. The van der Waals surface area contributed by atoms with Gasteiger partial charge in [0.05, 0.1) is 33.3 Å². The highest BCUT2D eigenvalue weighted by atomic mass is 16.5. The molecule has 28 heavy (non-hydrogen) atoms. The highest BCUT2D eigenvalue weighted by Gasteiger charge is 2.11. The largest absolute Gasteiger partial charge is 0.497 e. The summed E-state index contributed by atoms with van der Waals surface area (Å²) in [4.78, 5) is 4.14. The van der Waals surface area contributed by atoms with E-state index in [1.54, 1.807) is 20.4 Å². The van der Waals surface area contributed by atoms with Gasteiger partial charge in [-0.1, -0.05) is 24.3 Å². The molecule has 0 aliphatic rings. The molecule has 3 rings (SSSR count). The topological polar surface area (TPSA) is 45.5 Å². The molecule has 0 N–H and O–H groups in total. The Bertz CT molecular complexity index is 799. The number of hydrogen-bond donors (Lipinski definition) is 0. The summed E-state index contributed by atoms with van der Waals surface area (Å²) >= 11 is 0. The van der Waals surface area contributed by atoms with Crippen LogP contribution in [0.15, 0.2) is 67.3 Å². The van der Waals surface area contributed by atoms with Crippen LogP contribution in [0.25, 0.3) is 0 Å². The first kappa shape index (κ1) is 20.0. The molecule has 0 amide bonds. The molecule has 5 heteroatoms. The van der Waals surface area contributed by atoms with Gasteiger partial charge in [-0.05, 0) is 54.7 Å². The van der Waals surface area contributed by atoms with Crippen molar-refractivity contribution in [1.82, 2.24) is 9.55 Å². The number of rotatable bonds is 11.